The molecule has 1 saturated heterocycles. The molecule has 1 aliphatic heterocycles. The zero-order chi connectivity index (χ0) is 24.8. The molecule has 1 heterocycles. The topological polar surface area (TPSA) is 72.6 Å². The van der Waals surface area contributed by atoms with E-state index in [1.54, 1.807) is 19.2 Å². The number of hydrogen-bond acceptors (Lipinski definition) is 4. The van der Waals surface area contributed by atoms with Crippen LogP contribution in [-0.4, -0.2) is 49.4 Å². The number of halogens is 1. The highest BCUT2D eigenvalue weighted by Gasteiger charge is 2.38. The summed E-state index contributed by atoms with van der Waals surface area (Å²) in [6.45, 7) is 3.00. The molecule has 6 heteroatoms. The van der Waals surface area contributed by atoms with E-state index in [0.717, 1.165) is 76.9 Å². The second-order valence-electron chi connectivity index (χ2n) is 11.3. The molecule has 3 fully saturated rings. The Balaban J connectivity index is 1.18. The molecule has 1 aromatic carbocycles. The van der Waals surface area contributed by atoms with Crippen molar-refractivity contribution in [2.75, 3.05) is 26.7 Å². The summed E-state index contributed by atoms with van der Waals surface area (Å²) in [4.78, 5) is 27.6. The second-order valence-corrected chi connectivity index (χ2v) is 11.3. The molecule has 1 aromatic rings. The molecule has 3 atom stereocenters. The molecule has 3 aliphatic rings. The summed E-state index contributed by atoms with van der Waals surface area (Å²) < 4.78 is 18.8. The molecule has 4 rings (SSSR count). The number of carbonyl (C=O) groups is 2. The van der Waals surface area contributed by atoms with E-state index in [-0.39, 0.29) is 35.4 Å². The molecular formula is C29H43FN2O3. The number of ether oxygens (including phenoxy) is 1. The van der Waals surface area contributed by atoms with Crippen molar-refractivity contribution in [1.29, 1.82) is 0 Å². The SMILES string of the molecule is CO[C@@H]1CCC[C@@H](C(C(N)=O)C2CCC(CCN3CCC(C(=O)c4ccc(F)cc4)CC3)CC2)C1. The van der Waals surface area contributed by atoms with Crippen LogP contribution in [0.25, 0.3) is 0 Å². The maximum absolute atomic E-state index is 13.1. The van der Waals surface area contributed by atoms with Gasteiger partial charge in [-0.05, 0) is 113 Å². The van der Waals surface area contributed by atoms with E-state index in [2.05, 4.69) is 4.90 Å². The lowest BCUT2D eigenvalue weighted by molar-refractivity contribution is -0.127. The van der Waals surface area contributed by atoms with Crippen molar-refractivity contribution < 1.29 is 18.7 Å². The molecule has 5 nitrogen and oxygen atoms in total. The third kappa shape index (κ3) is 6.91. The van der Waals surface area contributed by atoms with Gasteiger partial charge in [-0.25, -0.2) is 4.39 Å². The van der Waals surface area contributed by atoms with Gasteiger partial charge in [-0.3, -0.25) is 9.59 Å². The predicted octanol–water partition coefficient (Wildman–Crippen LogP) is 5.22. The van der Waals surface area contributed by atoms with Crippen molar-refractivity contribution in [3.8, 4) is 0 Å². The van der Waals surface area contributed by atoms with E-state index in [4.69, 9.17) is 10.5 Å². The molecule has 0 radical (unpaired) electrons. The molecule has 1 unspecified atom stereocenters. The van der Waals surface area contributed by atoms with E-state index in [9.17, 15) is 14.0 Å². The molecule has 0 bridgehead atoms. The monoisotopic (exact) mass is 486 g/mol. The summed E-state index contributed by atoms with van der Waals surface area (Å²) in [5.74, 6) is 1.34. The van der Waals surface area contributed by atoms with Crippen LogP contribution in [-0.2, 0) is 9.53 Å². The largest absolute Gasteiger partial charge is 0.381 e. The van der Waals surface area contributed by atoms with Crippen LogP contribution < -0.4 is 5.73 Å². The first kappa shape index (κ1) is 26.3. The standard InChI is InChI=1S/C29H43FN2O3/c1-35-26-4-2-3-24(19-26)27(29(31)34)21-7-5-20(6-8-21)13-16-32-17-14-23(15-18-32)28(33)22-9-11-25(30)12-10-22/h9-12,20-21,23-24,26-27H,2-8,13-19H2,1H3,(H2,31,34)/t20?,21?,24-,26-,27?/m1/s1. The highest BCUT2D eigenvalue weighted by atomic mass is 19.1. The molecule has 2 saturated carbocycles. The first-order valence-corrected chi connectivity index (χ1v) is 13.8. The Morgan fingerprint density at radius 1 is 1.00 bits per heavy atom. The molecular weight excluding hydrogens is 443 g/mol. The van der Waals surface area contributed by atoms with Crippen molar-refractivity contribution in [3.63, 3.8) is 0 Å². The van der Waals surface area contributed by atoms with Gasteiger partial charge in [0.1, 0.15) is 5.82 Å². The lowest BCUT2D eigenvalue weighted by Crippen LogP contribution is -2.41. The van der Waals surface area contributed by atoms with Crippen molar-refractivity contribution in [1.82, 2.24) is 4.90 Å². The van der Waals surface area contributed by atoms with Gasteiger partial charge in [0.25, 0.3) is 0 Å². The number of nitrogens with two attached hydrogens (primary N) is 1. The third-order valence-electron chi connectivity index (χ3n) is 9.18. The summed E-state index contributed by atoms with van der Waals surface area (Å²) in [7, 11) is 1.78. The van der Waals surface area contributed by atoms with Gasteiger partial charge in [0.15, 0.2) is 5.78 Å². The Kier molecular flexibility index (Phi) is 9.34. The van der Waals surface area contributed by atoms with Gasteiger partial charge in [0.05, 0.1) is 6.10 Å². The van der Waals surface area contributed by atoms with Gasteiger partial charge in [0, 0.05) is 24.5 Å². The molecule has 0 aromatic heterocycles. The number of methoxy groups -OCH3 is 1. The van der Waals surface area contributed by atoms with Crippen molar-refractivity contribution >= 4 is 11.7 Å². The molecule has 194 valence electrons. The zero-order valence-corrected chi connectivity index (χ0v) is 21.3. The number of hydrogen-bond donors (Lipinski definition) is 1. The van der Waals surface area contributed by atoms with Crippen LogP contribution >= 0.6 is 0 Å². The molecule has 0 spiro atoms. The molecule has 1 amide bonds. The van der Waals surface area contributed by atoms with Crippen molar-refractivity contribution in [2.24, 2.45) is 35.3 Å². The third-order valence-corrected chi connectivity index (χ3v) is 9.18. The minimum absolute atomic E-state index is 0.00609. The maximum Gasteiger partial charge on any atom is 0.221 e. The summed E-state index contributed by atoms with van der Waals surface area (Å²) in [5.41, 5.74) is 6.55. The second kappa shape index (κ2) is 12.4. The van der Waals surface area contributed by atoms with Gasteiger partial charge in [0.2, 0.25) is 5.91 Å². The zero-order valence-electron chi connectivity index (χ0n) is 21.3. The van der Waals surface area contributed by atoms with Crippen LogP contribution in [0.15, 0.2) is 24.3 Å². The van der Waals surface area contributed by atoms with Crippen LogP contribution in [0.4, 0.5) is 4.39 Å². The van der Waals surface area contributed by atoms with Crippen LogP contribution in [0.1, 0.15) is 81.0 Å². The smallest absolute Gasteiger partial charge is 0.221 e. The number of amides is 1. The minimum Gasteiger partial charge on any atom is -0.381 e. The maximum atomic E-state index is 13.1. The van der Waals surface area contributed by atoms with E-state index in [1.807, 2.05) is 0 Å². The van der Waals surface area contributed by atoms with E-state index >= 15 is 0 Å². The van der Waals surface area contributed by atoms with Crippen LogP contribution in [0.3, 0.4) is 0 Å². The van der Waals surface area contributed by atoms with Crippen LogP contribution in [0.2, 0.25) is 0 Å². The molecule has 2 N–H and O–H groups in total. The lowest BCUT2D eigenvalue weighted by Gasteiger charge is -2.40. The number of benzene rings is 1. The summed E-state index contributed by atoms with van der Waals surface area (Å²) >= 11 is 0. The summed E-state index contributed by atoms with van der Waals surface area (Å²) in [6, 6.07) is 5.95. The average Bonchev–Trinajstić information content (AvgIpc) is 2.88. The fourth-order valence-corrected chi connectivity index (χ4v) is 7.04. The van der Waals surface area contributed by atoms with E-state index < -0.39 is 0 Å². The van der Waals surface area contributed by atoms with Gasteiger partial charge in [-0.2, -0.15) is 0 Å². The predicted molar refractivity (Wildman–Crippen MR) is 135 cm³/mol. The molecule has 35 heavy (non-hydrogen) atoms. The normalized spacial score (nSPS) is 29.5. The number of piperidine rings is 1. The van der Waals surface area contributed by atoms with Crippen LogP contribution in [0, 0.1) is 35.4 Å². The number of ketones is 1. The fourth-order valence-electron chi connectivity index (χ4n) is 7.04. The Hall–Kier alpha value is -1.79. The van der Waals surface area contributed by atoms with Gasteiger partial charge in [-0.15, -0.1) is 0 Å². The summed E-state index contributed by atoms with van der Waals surface area (Å²) in [6.07, 6.45) is 12.2. The van der Waals surface area contributed by atoms with Gasteiger partial charge >= 0.3 is 0 Å². The Morgan fingerprint density at radius 3 is 2.31 bits per heavy atom. The number of Topliss-reactive ketones (excluding diaryl/α,β-unsaturated/α-hetero) is 1. The summed E-state index contributed by atoms with van der Waals surface area (Å²) in [5, 5.41) is 0. The average molecular weight is 487 g/mol. The minimum atomic E-state index is -0.302. The Bertz CT molecular complexity index is 829. The number of likely N-dealkylation sites (tertiary alicyclic amines) is 1. The number of carbonyl (C=O) groups excluding carboxylic acids is 2. The first-order valence-electron chi connectivity index (χ1n) is 13.8. The fraction of sp³-hybridized carbons (Fsp3) is 0.724. The quantitative estimate of drug-likeness (QED) is 0.486. The first-order chi connectivity index (χ1) is 16.9. The number of nitrogens with zero attached hydrogens (tertiary/aromatic N) is 1. The number of primary amides is 1. The Morgan fingerprint density at radius 2 is 1.69 bits per heavy atom. The Labute approximate surface area is 210 Å². The van der Waals surface area contributed by atoms with Gasteiger partial charge in [-0.1, -0.05) is 19.3 Å². The van der Waals surface area contributed by atoms with Crippen molar-refractivity contribution in [2.45, 2.75) is 76.7 Å². The molecule has 2 aliphatic carbocycles. The van der Waals surface area contributed by atoms with E-state index in [0.29, 0.717) is 17.4 Å². The number of rotatable bonds is 9. The van der Waals surface area contributed by atoms with Crippen molar-refractivity contribution in [3.05, 3.63) is 35.6 Å². The van der Waals surface area contributed by atoms with Crippen LogP contribution in [0.5, 0.6) is 0 Å². The highest BCUT2D eigenvalue weighted by Crippen LogP contribution is 2.42. The van der Waals surface area contributed by atoms with E-state index in [1.165, 1.54) is 31.4 Å². The van der Waals surface area contributed by atoms with Gasteiger partial charge < -0.3 is 15.4 Å². The highest BCUT2D eigenvalue weighted by molar-refractivity contribution is 5.97. The lowest BCUT2D eigenvalue weighted by atomic mass is 9.67.